The SMILES string of the molecule is COCCOC(=O)/C(C#N)=C/c1ccc(N2CCCC2)c(F)c1. The largest absolute Gasteiger partial charge is 0.459 e. The lowest BCUT2D eigenvalue weighted by molar-refractivity contribution is -0.139. The molecule has 2 rings (SSSR count). The zero-order valence-electron chi connectivity index (χ0n) is 13.0. The van der Waals surface area contributed by atoms with Crippen LogP contribution in [0.3, 0.4) is 0 Å². The van der Waals surface area contributed by atoms with Gasteiger partial charge < -0.3 is 14.4 Å². The molecule has 1 heterocycles. The molecule has 0 radical (unpaired) electrons. The Bertz CT molecular complexity index is 631. The molecule has 0 aromatic heterocycles. The van der Waals surface area contributed by atoms with Crippen molar-refractivity contribution in [1.29, 1.82) is 5.26 Å². The van der Waals surface area contributed by atoms with Crippen LogP contribution < -0.4 is 4.90 Å². The molecule has 0 spiro atoms. The Labute approximate surface area is 134 Å². The van der Waals surface area contributed by atoms with Gasteiger partial charge in [-0.3, -0.25) is 0 Å². The number of hydrogen-bond donors (Lipinski definition) is 0. The highest BCUT2D eigenvalue weighted by Gasteiger charge is 2.16. The second-order valence-corrected chi connectivity index (χ2v) is 5.20. The molecule has 23 heavy (non-hydrogen) atoms. The third-order valence-electron chi connectivity index (χ3n) is 3.59. The van der Waals surface area contributed by atoms with E-state index < -0.39 is 5.97 Å². The molecule has 1 saturated heterocycles. The van der Waals surface area contributed by atoms with Gasteiger partial charge in [0.25, 0.3) is 0 Å². The van der Waals surface area contributed by atoms with Crippen LogP contribution in [0.15, 0.2) is 23.8 Å². The van der Waals surface area contributed by atoms with Crippen molar-refractivity contribution in [1.82, 2.24) is 0 Å². The molecule has 0 aliphatic carbocycles. The van der Waals surface area contributed by atoms with Crippen LogP contribution in [0.4, 0.5) is 10.1 Å². The molecular formula is C17H19FN2O3. The smallest absolute Gasteiger partial charge is 0.348 e. The Morgan fingerprint density at radius 1 is 1.39 bits per heavy atom. The van der Waals surface area contributed by atoms with Crippen LogP contribution in [-0.2, 0) is 14.3 Å². The fourth-order valence-corrected chi connectivity index (χ4v) is 2.43. The number of halogens is 1. The number of methoxy groups -OCH3 is 1. The van der Waals surface area contributed by atoms with Gasteiger partial charge in [-0.15, -0.1) is 0 Å². The number of carbonyl (C=O) groups excluding carboxylic acids is 1. The predicted molar refractivity (Wildman–Crippen MR) is 84.3 cm³/mol. The number of ether oxygens (including phenoxy) is 2. The Hall–Kier alpha value is -2.39. The molecule has 1 aliphatic heterocycles. The van der Waals surface area contributed by atoms with Crippen LogP contribution in [0.5, 0.6) is 0 Å². The van der Waals surface area contributed by atoms with Crippen molar-refractivity contribution in [2.45, 2.75) is 12.8 Å². The van der Waals surface area contributed by atoms with E-state index in [1.807, 2.05) is 4.90 Å². The third-order valence-corrected chi connectivity index (χ3v) is 3.59. The van der Waals surface area contributed by atoms with Crippen molar-refractivity contribution in [3.05, 3.63) is 35.2 Å². The first-order chi connectivity index (χ1) is 11.2. The fraction of sp³-hybridized carbons (Fsp3) is 0.412. The second kappa shape index (κ2) is 8.30. The Kier molecular flexibility index (Phi) is 6.12. The number of esters is 1. The lowest BCUT2D eigenvalue weighted by Crippen LogP contribution is -2.18. The normalized spacial score (nSPS) is 14.7. The van der Waals surface area contributed by atoms with Crippen molar-refractivity contribution >= 4 is 17.7 Å². The molecule has 6 heteroatoms. The monoisotopic (exact) mass is 318 g/mol. The highest BCUT2D eigenvalue weighted by molar-refractivity contribution is 5.97. The molecule has 122 valence electrons. The van der Waals surface area contributed by atoms with Gasteiger partial charge in [0, 0.05) is 20.2 Å². The first-order valence-corrected chi connectivity index (χ1v) is 7.48. The van der Waals surface area contributed by atoms with Crippen LogP contribution in [0.1, 0.15) is 18.4 Å². The molecule has 0 saturated carbocycles. The van der Waals surface area contributed by atoms with Crippen molar-refractivity contribution in [2.24, 2.45) is 0 Å². The van der Waals surface area contributed by atoms with Gasteiger partial charge in [-0.2, -0.15) is 5.26 Å². The van der Waals surface area contributed by atoms with Gasteiger partial charge in [-0.1, -0.05) is 6.07 Å². The molecule has 0 unspecified atom stereocenters. The predicted octanol–water partition coefficient (Wildman–Crippen LogP) is 2.52. The Morgan fingerprint density at radius 3 is 2.74 bits per heavy atom. The number of nitrogens with zero attached hydrogens (tertiary/aromatic N) is 2. The Balaban J connectivity index is 2.12. The lowest BCUT2D eigenvalue weighted by Gasteiger charge is -2.18. The van der Waals surface area contributed by atoms with Crippen molar-refractivity contribution in [3.8, 4) is 6.07 Å². The maximum atomic E-state index is 14.2. The molecule has 1 fully saturated rings. The molecule has 0 amide bonds. The summed E-state index contributed by atoms with van der Waals surface area (Å²) in [7, 11) is 1.49. The summed E-state index contributed by atoms with van der Waals surface area (Å²) in [5.74, 6) is -1.10. The van der Waals surface area contributed by atoms with Crippen LogP contribution in [0.25, 0.3) is 6.08 Å². The van der Waals surface area contributed by atoms with Gasteiger partial charge in [-0.25, -0.2) is 9.18 Å². The molecule has 1 aromatic rings. The van der Waals surface area contributed by atoms with E-state index >= 15 is 0 Å². The van der Waals surface area contributed by atoms with E-state index in [1.165, 1.54) is 19.3 Å². The topological polar surface area (TPSA) is 62.6 Å². The summed E-state index contributed by atoms with van der Waals surface area (Å²) in [6, 6.07) is 6.48. The van der Waals surface area contributed by atoms with E-state index in [-0.39, 0.29) is 24.6 Å². The average Bonchev–Trinajstić information content (AvgIpc) is 3.07. The number of hydrogen-bond acceptors (Lipinski definition) is 5. The van der Waals surface area contributed by atoms with Crippen LogP contribution in [0.2, 0.25) is 0 Å². The lowest BCUT2D eigenvalue weighted by atomic mass is 10.1. The molecule has 0 atom stereocenters. The van der Waals surface area contributed by atoms with Gasteiger partial charge in [0.2, 0.25) is 0 Å². The van der Waals surface area contributed by atoms with Gasteiger partial charge in [-0.05, 0) is 36.6 Å². The highest BCUT2D eigenvalue weighted by atomic mass is 19.1. The summed E-state index contributed by atoms with van der Waals surface area (Å²) in [6.07, 6.45) is 3.45. The molecule has 1 aromatic carbocycles. The quantitative estimate of drug-likeness (QED) is 0.349. The van der Waals surface area contributed by atoms with E-state index in [0.29, 0.717) is 11.3 Å². The zero-order chi connectivity index (χ0) is 16.7. The van der Waals surface area contributed by atoms with Crippen molar-refractivity contribution < 1.29 is 18.7 Å². The Morgan fingerprint density at radius 2 is 2.13 bits per heavy atom. The van der Waals surface area contributed by atoms with Crippen LogP contribution in [0, 0.1) is 17.1 Å². The first-order valence-electron chi connectivity index (χ1n) is 7.48. The minimum absolute atomic E-state index is 0.0661. The third kappa shape index (κ3) is 4.54. The molecule has 5 nitrogen and oxygen atoms in total. The molecule has 0 N–H and O–H groups in total. The van der Waals surface area contributed by atoms with Gasteiger partial charge in [0.05, 0.1) is 12.3 Å². The summed E-state index contributed by atoms with van der Waals surface area (Å²) < 4.78 is 23.9. The van der Waals surface area contributed by atoms with E-state index in [9.17, 15) is 9.18 Å². The summed E-state index contributed by atoms with van der Waals surface area (Å²) in [4.78, 5) is 13.7. The number of benzene rings is 1. The molecule has 0 bridgehead atoms. The van der Waals surface area contributed by atoms with Gasteiger partial charge >= 0.3 is 5.97 Å². The minimum Gasteiger partial charge on any atom is -0.459 e. The first kappa shape index (κ1) is 17.0. The number of nitriles is 1. The number of anilines is 1. The number of carbonyl (C=O) groups is 1. The second-order valence-electron chi connectivity index (χ2n) is 5.20. The van der Waals surface area contributed by atoms with E-state index in [4.69, 9.17) is 14.7 Å². The fourth-order valence-electron chi connectivity index (χ4n) is 2.43. The van der Waals surface area contributed by atoms with E-state index in [0.717, 1.165) is 25.9 Å². The van der Waals surface area contributed by atoms with Crippen LogP contribution >= 0.6 is 0 Å². The van der Waals surface area contributed by atoms with E-state index in [1.54, 1.807) is 18.2 Å². The minimum atomic E-state index is -0.742. The summed E-state index contributed by atoms with van der Waals surface area (Å²) >= 11 is 0. The summed E-state index contributed by atoms with van der Waals surface area (Å²) in [6.45, 7) is 2.02. The molecular weight excluding hydrogens is 299 g/mol. The van der Waals surface area contributed by atoms with Gasteiger partial charge in [0.1, 0.15) is 24.1 Å². The highest BCUT2D eigenvalue weighted by Crippen LogP contribution is 2.25. The summed E-state index contributed by atoms with van der Waals surface area (Å²) in [5, 5.41) is 9.06. The maximum Gasteiger partial charge on any atom is 0.348 e. The van der Waals surface area contributed by atoms with Crippen LogP contribution in [-0.4, -0.2) is 39.4 Å². The standard InChI is InChI=1S/C17H19FN2O3/c1-22-8-9-23-17(21)14(12-19)10-13-4-5-16(15(18)11-13)20-6-2-3-7-20/h4-5,10-11H,2-3,6-9H2,1H3/b14-10+. The molecule has 1 aliphatic rings. The average molecular weight is 318 g/mol. The van der Waals surface area contributed by atoms with Crippen molar-refractivity contribution in [2.75, 3.05) is 38.3 Å². The zero-order valence-corrected chi connectivity index (χ0v) is 13.0. The number of rotatable bonds is 6. The summed E-state index contributed by atoms with van der Waals surface area (Å²) in [5.41, 5.74) is 0.834. The maximum absolute atomic E-state index is 14.2. The van der Waals surface area contributed by atoms with Crippen molar-refractivity contribution in [3.63, 3.8) is 0 Å². The van der Waals surface area contributed by atoms with Gasteiger partial charge in [0.15, 0.2) is 0 Å². The van der Waals surface area contributed by atoms with E-state index in [2.05, 4.69) is 0 Å².